The van der Waals surface area contributed by atoms with Gasteiger partial charge in [0, 0.05) is 6.54 Å². The van der Waals surface area contributed by atoms with E-state index in [1.165, 1.54) is 24.2 Å². The Bertz CT molecular complexity index is 360. The van der Waals surface area contributed by atoms with Crippen molar-refractivity contribution < 1.29 is 5.21 Å². The van der Waals surface area contributed by atoms with Gasteiger partial charge in [-0.05, 0) is 20.3 Å². The number of nitrogens with one attached hydrogen (secondary N) is 1. The number of hydrogen-bond acceptors (Lipinski definition) is 5. The number of unbranched alkanes of at least 4 members (excludes halogenated alkanes) is 2. The molecule has 0 amide bonds. The van der Waals surface area contributed by atoms with Gasteiger partial charge >= 0.3 is 0 Å². The third kappa shape index (κ3) is 3.48. The highest BCUT2D eigenvalue weighted by molar-refractivity contribution is 7.17. The maximum atomic E-state index is 8.71. The molecule has 5 heteroatoms. The average Bonchev–Trinajstić information content (AvgIpc) is 2.65. The Kier molecular flexibility index (Phi) is 5.25. The van der Waals surface area contributed by atoms with Crippen molar-refractivity contribution in [3.63, 3.8) is 0 Å². The number of thiazole rings is 1. The van der Waals surface area contributed by atoms with Crippen molar-refractivity contribution in [3.8, 4) is 0 Å². The van der Waals surface area contributed by atoms with Crippen molar-refractivity contribution in [1.29, 1.82) is 0 Å². The Morgan fingerprint density at radius 1 is 1.50 bits per heavy atom. The molecule has 0 aliphatic rings. The number of aryl methyl sites for hydroxylation is 1. The zero-order chi connectivity index (χ0) is 12.0. The Morgan fingerprint density at radius 2 is 2.25 bits per heavy atom. The fraction of sp³-hybridized carbons (Fsp3) is 0.636. The van der Waals surface area contributed by atoms with Gasteiger partial charge in [0.1, 0.15) is 0 Å². The van der Waals surface area contributed by atoms with Gasteiger partial charge in [-0.3, -0.25) is 0 Å². The first-order chi connectivity index (χ1) is 7.69. The van der Waals surface area contributed by atoms with Crippen LogP contribution in [-0.2, 0) is 0 Å². The van der Waals surface area contributed by atoms with Crippen molar-refractivity contribution >= 4 is 22.2 Å². The summed E-state index contributed by atoms with van der Waals surface area (Å²) in [6.45, 7) is 6.85. The first-order valence-electron chi connectivity index (χ1n) is 5.59. The second-order valence-corrected chi connectivity index (χ2v) is 4.75. The normalized spacial score (nSPS) is 11.8. The van der Waals surface area contributed by atoms with Crippen LogP contribution >= 0.6 is 11.3 Å². The lowest BCUT2D eigenvalue weighted by atomic mass is 10.2. The molecular formula is C11H19N3OS. The highest BCUT2D eigenvalue weighted by Crippen LogP contribution is 2.23. The molecule has 0 bridgehead atoms. The molecule has 0 fully saturated rings. The fourth-order valence-corrected chi connectivity index (χ4v) is 2.36. The summed E-state index contributed by atoms with van der Waals surface area (Å²) in [7, 11) is 0. The minimum absolute atomic E-state index is 0.622. The van der Waals surface area contributed by atoms with E-state index in [1.807, 2.05) is 6.92 Å². The molecule has 0 aliphatic heterocycles. The molecule has 0 unspecified atom stereocenters. The minimum atomic E-state index is 0.622. The third-order valence-electron chi connectivity index (χ3n) is 2.33. The standard InChI is InChI=1S/C11H19N3OS/c1-4-5-6-7-12-11-13-8(2)10(16-11)9(3)14-15/h15H,4-7H2,1-3H3,(H,12,13). The summed E-state index contributed by atoms with van der Waals surface area (Å²) in [5, 5.41) is 16.1. The lowest BCUT2D eigenvalue weighted by Crippen LogP contribution is -2.00. The van der Waals surface area contributed by atoms with Gasteiger partial charge in [-0.2, -0.15) is 0 Å². The monoisotopic (exact) mass is 241 g/mol. The highest BCUT2D eigenvalue weighted by Gasteiger charge is 2.09. The molecule has 0 atom stereocenters. The van der Waals surface area contributed by atoms with Crippen LogP contribution in [0.2, 0.25) is 0 Å². The Labute approximate surface area is 100 Å². The molecule has 2 N–H and O–H groups in total. The van der Waals surface area contributed by atoms with E-state index in [0.717, 1.165) is 28.7 Å². The number of aromatic nitrogens is 1. The number of hydrogen-bond donors (Lipinski definition) is 2. The number of rotatable bonds is 6. The first-order valence-corrected chi connectivity index (χ1v) is 6.41. The van der Waals surface area contributed by atoms with E-state index in [2.05, 4.69) is 22.4 Å². The van der Waals surface area contributed by atoms with E-state index < -0.39 is 0 Å². The molecular weight excluding hydrogens is 222 g/mol. The van der Waals surface area contributed by atoms with Crippen molar-refractivity contribution in [3.05, 3.63) is 10.6 Å². The second-order valence-electron chi connectivity index (χ2n) is 3.75. The van der Waals surface area contributed by atoms with E-state index in [4.69, 9.17) is 5.21 Å². The van der Waals surface area contributed by atoms with Crippen LogP contribution in [0.15, 0.2) is 5.16 Å². The third-order valence-corrected chi connectivity index (χ3v) is 3.56. The maximum absolute atomic E-state index is 8.71. The molecule has 0 saturated heterocycles. The largest absolute Gasteiger partial charge is 0.411 e. The van der Waals surface area contributed by atoms with Gasteiger partial charge < -0.3 is 10.5 Å². The molecule has 0 spiro atoms. The van der Waals surface area contributed by atoms with Crippen LogP contribution in [0.4, 0.5) is 5.13 Å². The SMILES string of the molecule is CCCCCNc1nc(C)c(C(C)=NO)s1. The van der Waals surface area contributed by atoms with Crippen molar-refractivity contribution in [2.75, 3.05) is 11.9 Å². The Morgan fingerprint density at radius 3 is 2.88 bits per heavy atom. The van der Waals surface area contributed by atoms with Gasteiger partial charge in [0.05, 0.1) is 16.3 Å². The van der Waals surface area contributed by atoms with Crippen LogP contribution in [0.3, 0.4) is 0 Å². The van der Waals surface area contributed by atoms with Gasteiger partial charge in [-0.15, -0.1) is 0 Å². The molecule has 90 valence electrons. The summed E-state index contributed by atoms with van der Waals surface area (Å²) in [6, 6.07) is 0. The predicted octanol–water partition coefficient (Wildman–Crippen LogP) is 3.25. The molecule has 0 aliphatic carbocycles. The van der Waals surface area contributed by atoms with Gasteiger partial charge in [0.15, 0.2) is 5.13 Å². The van der Waals surface area contributed by atoms with Crippen molar-refractivity contribution in [2.24, 2.45) is 5.16 Å². The van der Waals surface area contributed by atoms with E-state index in [-0.39, 0.29) is 0 Å². The van der Waals surface area contributed by atoms with Gasteiger partial charge in [0.2, 0.25) is 0 Å². The van der Waals surface area contributed by atoms with Crippen LogP contribution < -0.4 is 5.32 Å². The Hall–Kier alpha value is -1.10. The molecule has 1 rings (SSSR count). The van der Waals surface area contributed by atoms with Crippen molar-refractivity contribution in [1.82, 2.24) is 4.98 Å². The maximum Gasteiger partial charge on any atom is 0.183 e. The number of oxime groups is 1. The topological polar surface area (TPSA) is 57.5 Å². The first kappa shape index (κ1) is 13.0. The molecule has 0 radical (unpaired) electrons. The van der Waals surface area contributed by atoms with Crippen molar-refractivity contribution in [2.45, 2.75) is 40.0 Å². The summed E-state index contributed by atoms with van der Waals surface area (Å²) in [4.78, 5) is 5.34. The van der Waals surface area contributed by atoms with Gasteiger partial charge in [-0.1, -0.05) is 36.3 Å². The van der Waals surface area contributed by atoms with E-state index >= 15 is 0 Å². The summed E-state index contributed by atoms with van der Waals surface area (Å²) in [6.07, 6.45) is 3.62. The van der Waals surface area contributed by atoms with Gasteiger partial charge in [0.25, 0.3) is 0 Å². The van der Waals surface area contributed by atoms with Gasteiger partial charge in [-0.25, -0.2) is 4.98 Å². The quantitative estimate of drug-likeness (QED) is 0.348. The van der Waals surface area contributed by atoms with Crippen LogP contribution in [0.25, 0.3) is 0 Å². The van der Waals surface area contributed by atoms with E-state index in [0.29, 0.717) is 5.71 Å². The molecule has 4 nitrogen and oxygen atoms in total. The van der Waals surface area contributed by atoms with E-state index in [1.54, 1.807) is 6.92 Å². The smallest absolute Gasteiger partial charge is 0.183 e. The molecule has 1 heterocycles. The van der Waals surface area contributed by atoms with E-state index in [9.17, 15) is 0 Å². The zero-order valence-electron chi connectivity index (χ0n) is 10.1. The minimum Gasteiger partial charge on any atom is -0.411 e. The second kappa shape index (κ2) is 6.48. The van der Waals surface area contributed by atoms with Crippen LogP contribution in [-0.4, -0.2) is 22.4 Å². The number of anilines is 1. The van der Waals surface area contributed by atoms with Crippen LogP contribution in [0.5, 0.6) is 0 Å². The zero-order valence-corrected chi connectivity index (χ0v) is 10.9. The lowest BCUT2D eigenvalue weighted by molar-refractivity contribution is 0.319. The lowest BCUT2D eigenvalue weighted by Gasteiger charge is -2.00. The highest BCUT2D eigenvalue weighted by atomic mass is 32.1. The molecule has 1 aromatic rings. The molecule has 1 aromatic heterocycles. The summed E-state index contributed by atoms with van der Waals surface area (Å²) in [5.41, 5.74) is 1.54. The fourth-order valence-electron chi connectivity index (χ4n) is 1.42. The average molecular weight is 241 g/mol. The molecule has 16 heavy (non-hydrogen) atoms. The predicted molar refractivity (Wildman–Crippen MR) is 68.9 cm³/mol. The summed E-state index contributed by atoms with van der Waals surface area (Å²) >= 11 is 1.54. The molecule has 0 saturated carbocycles. The molecule has 0 aromatic carbocycles. The summed E-state index contributed by atoms with van der Waals surface area (Å²) < 4.78 is 0. The Balaban J connectivity index is 2.56. The van der Waals surface area contributed by atoms with Crippen LogP contribution in [0.1, 0.15) is 43.7 Å². The van der Waals surface area contributed by atoms with Crippen LogP contribution in [0, 0.1) is 6.92 Å². The summed E-state index contributed by atoms with van der Waals surface area (Å²) in [5.74, 6) is 0. The number of nitrogens with zero attached hydrogens (tertiary/aromatic N) is 2.